The highest BCUT2D eigenvalue weighted by molar-refractivity contribution is 6.33. The molecule has 0 saturated carbocycles. The fourth-order valence-corrected chi connectivity index (χ4v) is 1.80. The van der Waals surface area contributed by atoms with Crippen molar-refractivity contribution in [1.82, 2.24) is 0 Å². The van der Waals surface area contributed by atoms with Gasteiger partial charge in [-0.15, -0.1) is 0 Å². The van der Waals surface area contributed by atoms with Gasteiger partial charge < -0.3 is 5.11 Å². The van der Waals surface area contributed by atoms with Crippen LogP contribution >= 0.6 is 11.6 Å². The van der Waals surface area contributed by atoms with Gasteiger partial charge in [-0.2, -0.15) is 5.26 Å². The summed E-state index contributed by atoms with van der Waals surface area (Å²) in [5, 5.41) is 17.9. The predicted molar refractivity (Wildman–Crippen MR) is 68.6 cm³/mol. The number of aromatic carboxylic acids is 1. The third-order valence-corrected chi connectivity index (χ3v) is 2.87. The van der Waals surface area contributed by atoms with Gasteiger partial charge in [0.25, 0.3) is 0 Å². The lowest BCUT2D eigenvalue weighted by Crippen LogP contribution is -1.97. The molecule has 2 aromatic rings. The van der Waals surface area contributed by atoms with Crippen LogP contribution in [0.3, 0.4) is 0 Å². The first-order chi connectivity index (χ1) is 8.61. The fourth-order valence-electron chi connectivity index (χ4n) is 1.61. The standard InChI is InChI=1S/C14H8ClNO2/c15-13-6-5-11(7-12(13)14(17)18)10-3-1-9(8-16)2-4-10/h1-7H,(H,17,18). The monoisotopic (exact) mass is 257 g/mol. The van der Waals surface area contributed by atoms with Gasteiger partial charge in [-0.05, 0) is 35.4 Å². The minimum absolute atomic E-state index is 0.0681. The summed E-state index contributed by atoms with van der Waals surface area (Å²) in [4.78, 5) is 11.0. The molecule has 1 N–H and O–H groups in total. The van der Waals surface area contributed by atoms with Gasteiger partial charge in [-0.1, -0.05) is 29.8 Å². The Kier molecular flexibility index (Phi) is 3.31. The van der Waals surface area contributed by atoms with Crippen LogP contribution in [-0.4, -0.2) is 11.1 Å². The van der Waals surface area contributed by atoms with Crippen molar-refractivity contribution in [3.63, 3.8) is 0 Å². The highest BCUT2D eigenvalue weighted by Gasteiger charge is 2.10. The summed E-state index contributed by atoms with van der Waals surface area (Å²) >= 11 is 5.80. The van der Waals surface area contributed by atoms with Crippen LogP contribution < -0.4 is 0 Å². The minimum atomic E-state index is -1.06. The highest BCUT2D eigenvalue weighted by atomic mass is 35.5. The van der Waals surface area contributed by atoms with E-state index in [2.05, 4.69) is 0 Å². The second-order valence-corrected chi connectivity index (χ2v) is 4.10. The molecule has 0 atom stereocenters. The Morgan fingerprint density at radius 2 is 1.72 bits per heavy atom. The van der Waals surface area contributed by atoms with Gasteiger partial charge in [0.05, 0.1) is 22.2 Å². The van der Waals surface area contributed by atoms with E-state index in [9.17, 15) is 4.79 Å². The van der Waals surface area contributed by atoms with E-state index >= 15 is 0 Å². The largest absolute Gasteiger partial charge is 0.478 e. The van der Waals surface area contributed by atoms with Crippen molar-refractivity contribution in [2.45, 2.75) is 0 Å². The summed E-state index contributed by atoms with van der Waals surface area (Å²) in [7, 11) is 0. The summed E-state index contributed by atoms with van der Waals surface area (Å²) in [6.07, 6.45) is 0. The minimum Gasteiger partial charge on any atom is -0.478 e. The zero-order valence-corrected chi connectivity index (χ0v) is 9.98. The highest BCUT2D eigenvalue weighted by Crippen LogP contribution is 2.25. The molecule has 0 unspecified atom stereocenters. The van der Waals surface area contributed by atoms with Crippen molar-refractivity contribution < 1.29 is 9.90 Å². The van der Waals surface area contributed by atoms with Crippen LogP contribution in [0.2, 0.25) is 5.02 Å². The first kappa shape index (κ1) is 12.2. The molecule has 0 aliphatic carbocycles. The van der Waals surface area contributed by atoms with Crippen LogP contribution in [0.15, 0.2) is 42.5 Å². The number of halogens is 1. The molecule has 0 aromatic heterocycles. The lowest BCUT2D eigenvalue weighted by molar-refractivity contribution is 0.0697. The van der Waals surface area contributed by atoms with E-state index in [1.807, 2.05) is 6.07 Å². The van der Waals surface area contributed by atoms with Crippen molar-refractivity contribution in [3.8, 4) is 17.2 Å². The lowest BCUT2D eigenvalue weighted by Gasteiger charge is -2.05. The molecule has 88 valence electrons. The van der Waals surface area contributed by atoms with E-state index in [0.29, 0.717) is 5.56 Å². The zero-order chi connectivity index (χ0) is 13.1. The molecular weight excluding hydrogens is 250 g/mol. The molecule has 3 nitrogen and oxygen atoms in total. The molecule has 0 fully saturated rings. The SMILES string of the molecule is N#Cc1ccc(-c2ccc(Cl)c(C(=O)O)c2)cc1. The predicted octanol–water partition coefficient (Wildman–Crippen LogP) is 3.58. The van der Waals surface area contributed by atoms with Gasteiger partial charge in [0.2, 0.25) is 0 Å². The van der Waals surface area contributed by atoms with E-state index in [-0.39, 0.29) is 10.6 Å². The first-order valence-corrected chi connectivity index (χ1v) is 5.53. The number of hydrogen-bond acceptors (Lipinski definition) is 2. The van der Waals surface area contributed by atoms with Crippen molar-refractivity contribution >= 4 is 17.6 Å². The van der Waals surface area contributed by atoms with Crippen LogP contribution in [0, 0.1) is 11.3 Å². The molecule has 0 spiro atoms. The first-order valence-electron chi connectivity index (χ1n) is 5.15. The van der Waals surface area contributed by atoms with E-state index in [0.717, 1.165) is 11.1 Å². The average Bonchev–Trinajstić information content (AvgIpc) is 2.39. The molecule has 18 heavy (non-hydrogen) atoms. The number of carbonyl (C=O) groups is 1. The van der Waals surface area contributed by atoms with Crippen LogP contribution in [0.5, 0.6) is 0 Å². The number of carboxylic acids is 1. The maximum atomic E-state index is 11.0. The van der Waals surface area contributed by atoms with Crippen molar-refractivity contribution in [3.05, 3.63) is 58.6 Å². The Morgan fingerprint density at radius 3 is 2.28 bits per heavy atom. The second kappa shape index (κ2) is 4.91. The summed E-state index contributed by atoms with van der Waals surface area (Å²) in [5.74, 6) is -1.06. The quantitative estimate of drug-likeness (QED) is 0.894. The summed E-state index contributed by atoms with van der Waals surface area (Å²) < 4.78 is 0. The van der Waals surface area contributed by atoms with Crippen LogP contribution in [-0.2, 0) is 0 Å². The van der Waals surface area contributed by atoms with E-state index in [1.165, 1.54) is 6.07 Å². The Bertz CT molecular complexity index is 642. The molecule has 0 bridgehead atoms. The smallest absolute Gasteiger partial charge is 0.337 e. The van der Waals surface area contributed by atoms with Gasteiger partial charge in [0.15, 0.2) is 0 Å². The third kappa shape index (κ3) is 2.34. The number of hydrogen-bond donors (Lipinski definition) is 1. The summed E-state index contributed by atoms with van der Waals surface area (Å²) in [5.41, 5.74) is 2.22. The maximum absolute atomic E-state index is 11.0. The van der Waals surface area contributed by atoms with Crippen molar-refractivity contribution in [2.75, 3.05) is 0 Å². The Hall–Kier alpha value is -2.31. The number of benzene rings is 2. The van der Waals surface area contributed by atoms with Gasteiger partial charge in [-0.3, -0.25) is 0 Å². The summed E-state index contributed by atoms with van der Waals surface area (Å²) in [6.45, 7) is 0. The van der Waals surface area contributed by atoms with Crippen LogP contribution in [0.4, 0.5) is 0 Å². The molecule has 0 aliphatic heterocycles. The molecule has 2 rings (SSSR count). The Balaban J connectivity index is 2.48. The van der Waals surface area contributed by atoms with Crippen molar-refractivity contribution in [1.29, 1.82) is 5.26 Å². The van der Waals surface area contributed by atoms with Gasteiger partial charge in [0, 0.05) is 0 Å². The molecule has 0 radical (unpaired) electrons. The number of nitrogens with zero attached hydrogens (tertiary/aromatic N) is 1. The van der Waals surface area contributed by atoms with Gasteiger partial charge >= 0.3 is 5.97 Å². The zero-order valence-electron chi connectivity index (χ0n) is 9.22. The fraction of sp³-hybridized carbons (Fsp3) is 0. The molecular formula is C14H8ClNO2. The van der Waals surface area contributed by atoms with Gasteiger partial charge in [-0.25, -0.2) is 4.79 Å². The average molecular weight is 258 g/mol. The molecule has 0 amide bonds. The topological polar surface area (TPSA) is 61.1 Å². The normalized spacial score (nSPS) is 9.78. The molecule has 0 saturated heterocycles. The molecule has 0 aliphatic rings. The molecule has 4 heteroatoms. The second-order valence-electron chi connectivity index (χ2n) is 3.69. The molecule has 2 aromatic carbocycles. The van der Waals surface area contributed by atoms with E-state index in [4.69, 9.17) is 22.0 Å². The molecule has 0 heterocycles. The lowest BCUT2D eigenvalue weighted by atomic mass is 10.0. The Morgan fingerprint density at radius 1 is 1.11 bits per heavy atom. The van der Waals surface area contributed by atoms with E-state index < -0.39 is 5.97 Å². The third-order valence-electron chi connectivity index (χ3n) is 2.54. The van der Waals surface area contributed by atoms with Gasteiger partial charge in [0.1, 0.15) is 0 Å². The van der Waals surface area contributed by atoms with E-state index in [1.54, 1.807) is 36.4 Å². The van der Waals surface area contributed by atoms with Crippen LogP contribution in [0.1, 0.15) is 15.9 Å². The number of carboxylic acid groups (broad SMARTS) is 1. The number of rotatable bonds is 2. The maximum Gasteiger partial charge on any atom is 0.337 e. The summed E-state index contributed by atoms with van der Waals surface area (Å²) in [6, 6.07) is 13.8. The Labute approximate surface area is 109 Å². The van der Waals surface area contributed by atoms with Crippen molar-refractivity contribution in [2.24, 2.45) is 0 Å². The van der Waals surface area contributed by atoms with Crippen LogP contribution in [0.25, 0.3) is 11.1 Å². The number of nitriles is 1.